The second-order valence-corrected chi connectivity index (χ2v) is 30.0. The zero-order valence-corrected chi connectivity index (χ0v) is 57.4. The van der Waals surface area contributed by atoms with Crippen LogP contribution in [0.1, 0.15) is 61.1 Å². The molecule has 0 saturated carbocycles. The summed E-state index contributed by atoms with van der Waals surface area (Å²) >= 11 is 0. The molecule has 0 aromatic heterocycles. The van der Waals surface area contributed by atoms with E-state index in [0.717, 1.165) is 36.4 Å². The standard InChI is InChI=1S/C47H33F18P3.3C2H3N.3CHF3O3S.Rh/c1-41(26-66(35-14-2-8-29(20-35)42(48,49)50)36-15-3-9-30(21-36)43(51,52)53,27-67(37-16-4-10-31(22-37)44(54,55)56)38-17-5-11-32(23-38)45(57,58)59)28-68(39-18-6-12-33(24-39)46(60,61)62)40-19-7-13-34(25-40)47(63,64)65;3*1-2-3;3*2-1(3,4)8(5,6)7;/h2-25H,26-28H2,1H3;3*1H3;3*(H,5,6,7);/q;;;;;;;+3/p-3. The minimum Gasteiger partial charge on any atom is -0.741 e. The predicted molar refractivity (Wildman–Crippen MR) is 311 cm³/mol. The quantitative estimate of drug-likeness (QED) is 0.0365. The van der Waals surface area contributed by atoms with Crippen molar-refractivity contribution in [2.75, 3.05) is 18.5 Å². The molecule has 0 aliphatic heterocycles. The third-order valence-corrected chi connectivity index (χ3v) is 21.7. The van der Waals surface area contributed by atoms with Crippen LogP contribution in [0.15, 0.2) is 146 Å². The van der Waals surface area contributed by atoms with Gasteiger partial charge in [0.2, 0.25) is 0 Å². The molecule has 0 heterocycles. The molecule has 0 bridgehead atoms. The van der Waals surface area contributed by atoms with Gasteiger partial charge in [-0.15, -0.1) is 0 Å². The first-order valence-electron chi connectivity index (χ1n) is 25.7. The summed E-state index contributed by atoms with van der Waals surface area (Å²) in [4.78, 5) is 0. The zero-order chi connectivity index (χ0) is 79.4. The monoisotopic (exact) mass is 1700 g/mol. The minimum atomic E-state index is -6.09. The average Bonchev–Trinajstić information content (AvgIpc) is 0.772. The first-order chi connectivity index (χ1) is 45.3. The molecule has 0 N–H and O–H groups in total. The van der Waals surface area contributed by atoms with Gasteiger partial charge >= 0.3 is 73.1 Å². The summed E-state index contributed by atoms with van der Waals surface area (Å²) in [5.74, 6) is 0. The molecule has 0 spiro atoms. The van der Waals surface area contributed by atoms with Gasteiger partial charge in [0.25, 0.3) is 0 Å². The molecule has 6 rings (SSSR count). The molecule has 6 aromatic carbocycles. The van der Waals surface area contributed by atoms with E-state index in [1.807, 2.05) is 0 Å². The van der Waals surface area contributed by atoms with Crippen LogP contribution in [0.4, 0.5) is 119 Å². The topological polar surface area (TPSA) is 243 Å². The summed E-state index contributed by atoms with van der Waals surface area (Å²) in [5, 5.41) is 20.8. The van der Waals surface area contributed by atoms with Crippen molar-refractivity contribution >= 4 is 85.9 Å². The maximum absolute atomic E-state index is 14.3. The molecule has 0 unspecified atom stereocenters. The maximum atomic E-state index is 14.3. The number of hydrogen-bond donors (Lipinski definition) is 0. The fraction of sp³-hybridized carbons (Fsp3) is 0.304. The van der Waals surface area contributed by atoms with Gasteiger partial charge < -0.3 is 13.7 Å². The SMILES string of the molecule is CC#N.CC#N.CC#N.CC(CP(c1cccc(C(F)(F)F)c1)c1cccc(C(F)(F)F)c1)(CP(c1cccc(C(F)(F)F)c1)c1cccc(C(F)(F)F)c1)CP(c1cccc(C(F)(F)F)c1)c1cccc(C(F)(F)F)c1.O=S(=O)([O-])C(F)(F)F.O=S(=O)([O-])C(F)(F)F.O=S(=O)([O-])C(F)(F)F.[Rh+3]. The molecule has 0 saturated heterocycles. The average molecular weight is 1710 g/mol. The van der Waals surface area contributed by atoms with Crippen molar-refractivity contribution in [3.05, 3.63) is 179 Å². The van der Waals surface area contributed by atoms with Gasteiger partial charge in [0, 0.05) is 20.8 Å². The first kappa shape index (κ1) is 97.6. The Kier molecular flexibility index (Phi) is 36.9. The van der Waals surface area contributed by atoms with Crippen molar-refractivity contribution in [1.82, 2.24) is 0 Å². The molecule has 0 aliphatic carbocycles. The van der Waals surface area contributed by atoms with Crippen LogP contribution in [-0.4, -0.2) is 73.9 Å². The van der Waals surface area contributed by atoms with Gasteiger partial charge in [-0.2, -0.15) is 134 Å². The number of benzene rings is 6. The summed E-state index contributed by atoms with van der Waals surface area (Å²) in [6.07, 6.45) is -31.6. The molecule has 46 heteroatoms. The van der Waals surface area contributed by atoms with Gasteiger partial charge in [-0.3, -0.25) is 0 Å². The van der Waals surface area contributed by atoms with Crippen LogP contribution in [0.5, 0.6) is 0 Å². The van der Waals surface area contributed by atoms with Crippen molar-refractivity contribution in [2.45, 2.75) is 81.3 Å². The Morgan fingerprint density at radius 3 is 0.500 bits per heavy atom. The summed E-state index contributed by atoms with van der Waals surface area (Å²) in [5.41, 5.74) is -26.1. The van der Waals surface area contributed by atoms with Crippen LogP contribution in [0.25, 0.3) is 0 Å². The number of alkyl halides is 27. The van der Waals surface area contributed by atoms with Gasteiger partial charge in [0.05, 0.1) is 51.6 Å². The summed E-state index contributed by atoms with van der Waals surface area (Å²) < 4.78 is 434. The molecular formula is C56H42F27N3O9P3RhS3. The van der Waals surface area contributed by atoms with Crippen LogP contribution >= 0.6 is 23.8 Å². The van der Waals surface area contributed by atoms with Crippen LogP contribution in [-0.2, 0) is 86.9 Å². The van der Waals surface area contributed by atoms with E-state index in [-0.39, 0.29) is 51.3 Å². The normalized spacial score (nSPS) is 12.5. The van der Waals surface area contributed by atoms with Crippen molar-refractivity contribution < 1.29 is 177 Å². The zero-order valence-electron chi connectivity index (χ0n) is 50.6. The molecule has 0 fully saturated rings. The Labute approximate surface area is 578 Å². The van der Waals surface area contributed by atoms with Crippen LogP contribution in [0.3, 0.4) is 0 Å². The number of rotatable bonds is 12. The van der Waals surface area contributed by atoms with Gasteiger partial charge in [0.1, 0.15) is 0 Å². The van der Waals surface area contributed by atoms with Gasteiger partial charge in [-0.25, -0.2) is 25.3 Å². The predicted octanol–water partition coefficient (Wildman–Crippen LogP) is 16.2. The van der Waals surface area contributed by atoms with E-state index in [9.17, 15) is 119 Å². The molecule has 0 radical (unpaired) electrons. The number of nitrogens with zero attached hydrogens (tertiary/aromatic N) is 3. The Balaban J connectivity index is 0. The Morgan fingerprint density at radius 1 is 0.304 bits per heavy atom. The van der Waals surface area contributed by atoms with Crippen LogP contribution in [0, 0.1) is 39.4 Å². The molecule has 0 amide bonds. The van der Waals surface area contributed by atoms with E-state index in [0.29, 0.717) is 72.8 Å². The minimum absolute atomic E-state index is 0. The van der Waals surface area contributed by atoms with Crippen molar-refractivity contribution in [2.24, 2.45) is 5.41 Å². The van der Waals surface area contributed by atoms with Crippen LogP contribution in [0.2, 0.25) is 0 Å². The number of halogens is 27. The summed E-state index contributed by atoms with van der Waals surface area (Å²) in [7, 11) is -25.8. The molecule has 12 nitrogen and oxygen atoms in total. The third-order valence-electron chi connectivity index (χ3n) is 11.4. The van der Waals surface area contributed by atoms with E-state index < -0.39 is 165 Å². The molecule has 102 heavy (non-hydrogen) atoms. The number of hydrogen-bond acceptors (Lipinski definition) is 12. The smallest absolute Gasteiger partial charge is 0.741 e. The fourth-order valence-electron chi connectivity index (χ4n) is 7.39. The van der Waals surface area contributed by atoms with E-state index in [1.165, 1.54) is 64.1 Å². The number of nitriles is 3. The van der Waals surface area contributed by atoms with Crippen molar-refractivity contribution in [3.63, 3.8) is 0 Å². The van der Waals surface area contributed by atoms with E-state index in [4.69, 9.17) is 54.7 Å². The van der Waals surface area contributed by atoms with E-state index in [2.05, 4.69) is 0 Å². The summed E-state index contributed by atoms with van der Waals surface area (Å²) in [6, 6.07) is 26.4. The molecule has 566 valence electrons. The molecule has 6 aromatic rings. The van der Waals surface area contributed by atoms with Crippen molar-refractivity contribution in [3.8, 4) is 18.2 Å². The third kappa shape index (κ3) is 33.1. The fourth-order valence-corrected chi connectivity index (χ4v) is 16.2. The van der Waals surface area contributed by atoms with Crippen molar-refractivity contribution in [1.29, 1.82) is 15.8 Å². The molecular weight excluding hydrogens is 1660 g/mol. The Bertz CT molecular complexity index is 3580. The molecule has 0 aliphatic rings. The summed E-state index contributed by atoms with van der Waals surface area (Å²) in [6.45, 7) is 5.68. The van der Waals surface area contributed by atoms with Gasteiger partial charge in [-0.05, 0) is 152 Å². The van der Waals surface area contributed by atoms with E-state index in [1.54, 1.807) is 18.2 Å². The second kappa shape index (κ2) is 38.5. The van der Waals surface area contributed by atoms with E-state index >= 15 is 0 Å². The first-order valence-corrected chi connectivity index (χ1v) is 34.5. The molecule has 0 atom stereocenters. The Hall–Kier alpha value is -6.46. The van der Waals surface area contributed by atoms with Gasteiger partial charge in [-0.1, -0.05) is 79.7 Å². The second-order valence-electron chi connectivity index (χ2n) is 19.2. The maximum Gasteiger partial charge on any atom is 3.00 e. The Morgan fingerprint density at radius 2 is 0.412 bits per heavy atom. The van der Waals surface area contributed by atoms with Crippen LogP contribution < -0.4 is 31.8 Å². The largest absolute Gasteiger partial charge is 3.00 e. The van der Waals surface area contributed by atoms with Gasteiger partial charge in [0.15, 0.2) is 30.4 Å².